The zero-order chi connectivity index (χ0) is 12.3. The van der Waals surface area contributed by atoms with E-state index in [1.807, 2.05) is 30.3 Å². The molecular weight excluding hydrogens is 398 g/mol. The number of hydrogen-bond donors (Lipinski definition) is 0. The van der Waals surface area contributed by atoms with E-state index in [2.05, 4.69) is 38.5 Å². The van der Waals surface area contributed by atoms with Crippen LogP contribution in [0.2, 0.25) is 0 Å². The lowest BCUT2D eigenvalue weighted by Crippen LogP contribution is -1.96. The van der Waals surface area contributed by atoms with E-state index >= 15 is 0 Å². The lowest BCUT2D eigenvalue weighted by molar-refractivity contribution is 0.305. The van der Waals surface area contributed by atoms with Gasteiger partial charge in [-0.2, -0.15) is 0 Å². The largest absolute Gasteiger partial charge is 0.489 e. The predicted molar refractivity (Wildman–Crippen MR) is 77.6 cm³/mol. The number of rotatable bonds is 3. The summed E-state index contributed by atoms with van der Waals surface area (Å²) >= 11 is 5.48. The van der Waals surface area contributed by atoms with E-state index in [4.69, 9.17) is 4.74 Å². The highest BCUT2D eigenvalue weighted by molar-refractivity contribution is 14.1. The minimum Gasteiger partial charge on any atom is -0.489 e. The quantitative estimate of drug-likeness (QED) is 0.667. The topological polar surface area (TPSA) is 9.23 Å². The van der Waals surface area contributed by atoms with Crippen LogP contribution in [0.15, 0.2) is 46.9 Å². The number of benzene rings is 2. The standard InChI is InChI=1S/C13H9BrFIO/c14-10-4-9(5-11(15)6-10)8-17-13-3-1-2-12(16)7-13/h1-7H,8H2. The average Bonchev–Trinajstić information content (AvgIpc) is 2.25. The van der Waals surface area contributed by atoms with Crippen LogP contribution < -0.4 is 4.74 Å². The van der Waals surface area contributed by atoms with Crippen molar-refractivity contribution in [2.45, 2.75) is 6.61 Å². The molecule has 0 heterocycles. The van der Waals surface area contributed by atoms with Crippen molar-refractivity contribution in [3.8, 4) is 5.75 Å². The molecule has 88 valence electrons. The molecule has 0 aromatic heterocycles. The van der Waals surface area contributed by atoms with Crippen molar-refractivity contribution >= 4 is 38.5 Å². The van der Waals surface area contributed by atoms with Gasteiger partial charge in [0.2, 0.25) is 0 Å². The van der Waals surface area contributed by atoms with Crippen LogP contribution in [-0.2, 0) is 6.61 Å². The molecule has 2 rings (SSSR count). The smallest absolute Gasteiger partial charge is 0.124 e. The molecule has 2 aromatic rings. The van der Waals surface area contributed by atoms with E-state index in [1.165, 1.54) is 12.1 Å². The van der Waals surface area contributed by atoms with Gasteiger partial charge in [0.25, 0.3) is 0 Å². The summed E-state index contributed by atoms with van der Waals surface area (Å²) in [5.74, 6) is 0.526. The molecule has 0 fully saturated rings. The van der Waals surface area contributed by atoms with E-state index in [-0.39, 0.29) is 5.82 Å². The third kappa shape index (κ3) is 3.96. The van der Waals surface area contributed by atoms with Gasteiger partial charge in [-0.05, 0) is 64.6 Å². The van der Waals surface area contributed by atoms with Gasteiger partial charge in [0.15, 0.2) is 0 Å². The van der Waals surface area contributed by atoms with Crippen LogP contribution in [0.1, 0.15) is 5.56 Å². The van der Waals surface area contributed by atoms with Crippen LogP contribution >= 0.6 is 38.5 Å². The molecule has 1 nitrogen and oxygen atoms in total. The second-order valence-corrected chi connectivity index (χ2v) is 5.69. The monoisotopic (exact) mass is 406 g/mol. The SMILES string of the molecule is Fc1cc(Br)cc(COc2cccc(I)c2)c1. The minimum atomic E-state index is -0.263. The maximum atomic E-state index is 13.1. The fourth-order valence-corrected chi connectivity index (χ4v) is 2.44. The third-order valence-electron chi connectivity index (χ3n) is 2.12. The number of ether oxygens (including phenoxy) is 1. The second kappa shape index (κ2) is 5.82. The summed E-state index contributed by atoms with van der Waals surface area (Å²) in [5.41, 5.74) is 0.802. The van der Waals surface area contributed by atoms with Crippen molar-refractivity contribution < 1.29 is 9.13 Å². The molecule has 0 aliphatic heterocycles. The predicted octanol–water partition coefficient (Wildman–Crippen LogP) is 4.77. The van der Waals surface area contributed by atoms with Crippen molar-refractivity contribution in [3.63, 3.8) is 0 Å². The summed E-state index contributed by atoms with van der Waals surface area (Å²) in [6.45, 7) is 0.358. The van der Waals surface area contributed by atoms with Crippen LogP contribution in [0.25, 0.3) is 0 Å². The average molecular weight is 407 g/mol. The van der Waals surface area contributed by atoms with Gasteiger partial charge in [-0.15, -0.1) is 0 Å². The molecule has 0 unspecified atom stereocenters. The van der Waals surface area contributed by atoms with Gasteiger partial charge in [0.1, 0.15) is 18.2 Å². The highest BCUT2D eigenvalue weighted by Crippen LogP contribution is 2.19. The Morgan fingerprint density at radius 3 is 2.71 bits per heavy atom. The first-order valence-corrected chi connectivity index (χ1v) is 6.84. The van der Waals surface area contributed by atoms with Crippen LogP contribution in [0.5, 0.6) is 5.75 Å². The van der Waals surface area contributed by atoms with Gasteiger partial charge in [-0.25, -0.2) is 4.39 Å². The molecule has 17 heavy (non-hydrogen) atoms. The Labute approximate surface area is 121 Å². The lowest BCUT2D eigenvalue weighted by Gasteiger charge is -2.07. The van der Waals surface area contributed by atoms with E-state index in [9.17, 15) is 4.39 Å². The minimum absolute atomic E-state index is 0.263. The Morgan fingerprint density at radius 2 is 2.00 bits per heavy atom. The zero-order valence-electron chi connectivity index (χ0n) is 8.79. The summed E-state index contributed by atoms with van der Waals surface area (Å²) < 4.78 is 20.6. The first-order valence-electron chi connectivity index (χ1n) is 4.97. The molecule has 4 heteroatoms. The van der Waals surface area contributed by atoms with Gasteiger partial charge in [-0.3, -0.25) is 0 Å². The van der Waals surface area contributed by atoms with Crippen molar-refractivity contribution in [2.75, 3.05) is 0 Å². The number of hydrogen-bond acceptors (Lipinski definition) is 1. The van der Waals surface area contributed by atoms with Gasteiger partial charge >= 0.3 is 0 Å². The third-order valence-corrected chi connectivity index (χ3v) is 3.25. The Hall–Kier alpha value is -0.620. The summed E-state index contributed by atoms with van der Waals surface area (Å²) in [7, 11) is 0. The molecule has 0 amide bonds. The molecular formula is C13H9BrFIO. The Morgan fingerprint density at radius 1 is 1.18 bits per heavy atom. The van der Waals surface area contributed by atoms with Crippen molar-refractivity contribution in [1.29, 1.82) is 0 Å². The molecule has 0 atom stereocenters. The van der Waals surface area contributed by atoms with E-state index in [0.29, 0.717) is 6.61 Å². The molecule has 0 bridgehead atoms. The molecule has 0 radical (unpaired) electrons. The summed E-state index contributed by atoms with van der Waals surface area (Å²) in [4.78, 5) is 0. The van der Waals surface area contributed by atoms with E-state index in [0.717, 1.165) is 19.4 Å². The highest BCUT2D eigenvalue weighted by Gasteiger charge is 2.01. The molecule has 0 aliphatic rings. The fraction of sp³-hybridized carbons (Fsp3) is 0.0769. The Kier molecular flexibility index (Phi) is 4.39. The van der Waals surface area contributed by atoms with Gasteiger partial charge in [0.05, 0.1) is 0 Å². The van der Waals surface area contributed by atoms with Gasteiger partial charge in [-0.1, -0.05) is 22.0 Å². The summed E-state index contributed by atoms with van der Waals surface area (Å²) in [6.07, 6.45) is 0. The summed E-state index contributed by atoms with van der Waals surface area (Å²) in [6, 6.07) is 12.5. The van der Waals surface area contributed by atoms with Crippen molar-refractivity contribution in [1.82, 2.24) is 0 Å². The Bertz CT molecular complexity index is 510. The van der Waals surface area contributed by atoms with Crippen LogP contribution in [0.4, 0.5) is 4.39 Å². The molecule has 0 saturated heterocycles. The first kappa shape index (κ1) is 12.8. The maximum absolute atomic E-state index is 13.1. The molecule has 2 aromatic carbocycles. The van der Waals surface area contributed by atoms with Gasteiger partial charge < -0.3 is 4.74 Å². The number of halogens is 3. The van der Waals surface area contributed by atoms with Crippen LogP contribution in [0.3, 0.4) is 0 Å². The Balaban J connectivity index is 2.07. The van der Waals surface area contributed by atoms with Crippen molar-refractivity contribution in [3.05, 3.63) is 61.9 Å². The molecule has 0 saturated carbocycles. The second-order valence-electron chi connectivity index (χ2n) is 3.52. The summed E-state index contributed by atoms with van der Waals surface area (Å²) in [5, 5.41) is 0. The van der Waals surface area contributed by atoms with E-state index in [1.54, 1.807) is 0 Å². The van der Waals surface area contributed by atoms with Crippen LogP contribution in [-0.4, -0.2) is 0 Å². The van der Waals surface area contributed by atoms with Crippen LogP contribution in [0, 0.1) is 9.39 Å². The highest BCUT2D eigenvalue weighted by atomic mass is 127. The lowest BCUT2D eigenvalue weighted by atomic mass is 10.2. The van der Waals surface area contributed by atoms with Crippen molar-refractivity contribution in [2.24, 2.45) is 0 Å². The molecule has 0 spiro atoms. The zero-order valence-corrected chi connectivity index (χ0v) is 12.5. The maximum Gasteiger partial charge on any atom is 0.124 e. The van der Waals surface area contributed by atoms with E-state index < -0.39 is 0 Å². The fourth-order valence-electron chi connectivity index (χ4n) is 1.42. The molecule has 0 N–H and O–H groups in total. The molecule has 0 aliphatic carbocycles. The first-order chi connectivity index (χ1) is 8.13. The normalized spacial score (nSPS) is 10.3. The van der Waals surface area contributed by atoms with Gasteiger partial charge in [0, 0.05) is 8.04 Å².